The second-order valence-corrected chi connectivity index (χ2v) is 6.92. The van der Waals surface area contributed by atoms with E-state index in [9.17, 15) is 14.7 Å². The molecule has 3 rings (SSSR count). The zero-order chi connectivity index (χ0) is 18.7. The van der Waals surface area contributed by atoms with Crippen molar-refractivity contribution in [2.75, 3.05) is 30.9 Å². The topological polar surface area (TPSA) is 81.7 Å². The molecule has 2 aromatic rings. The van der Waals surface area contributed by atoms with E-state index >= 15 is 0 Å². The lowest BCUT2D eigenvalue weighted by atomic mass is 10.0. The van der Waals surface area contributed by atoms with Crippen molar-refractivity contribution in [1.29, 1.82) is 0 Å². The Balaban J connectivity index is 1.53. The monoisotopic (exact) mass is 353 g/mol. The summed E-state index contributed by atoms with van der Waals surface area (Å²) in [4.78, 5) is 26.0. The fourth-order valence-electron chi connectivity index (χ4n) is 3.15. The summed E-state index contributed by atoms with van der Waals surface area (Å²) < 4.78 is 0. The summed E-state index contributed by atoms with van der Waals surface area (Å²) in [7, 11) is 3.85. The Labute approximate surface area is 152 Å². The van der Waals surface area contributed by atoms with Gasteiger partial charge in [-0.2, -0.15) is 0 Å². The summed E-state index contributed by atoms with van der Waals surface area (Å²) in [5, 5.41) is 15.8. The Bertz CT molecular complexity index is 790. The fourth-order valence-corrected chi connectivity index (χ4v) is 3.15. The number of nitrogens with zero attached hydrogens (tertiary/aromatic N) is 1. The predicted octanol–water partition coefficient (Wildman–Crippen LogP) is 1.34. The summed E-state index contributed by atoms with van der Waals surface area (Å²) >= 11 is 0. The number of aliphatic hydroxyl groups is 1. The van der Waals surface area contributed by atoms with Crippen molar-refractivity contribution < 1.29 is 14.7 Å². The second-order valence-electron chi connectivity index (χ2n) is 6.92. The summed E-state index contributed by atoms with van der Waals surface area (Å²) in [5.41, 5.74) is 2.65. The molecule has 0 radical (unpaired) electrons. The molecule has 0 bridgehead atoms. The van der Waals surface area contributed by atoms with Gasteiger partial charge in [0.15, 0.2) is 0 Å². The van der Waals surface area contributed by atoms with Gasteiger partial charge in [0.25, 0.3) is 0 Å². The number of benzene rings is 2. The first-order valence-electron chi connectivity index (χ1n) is 8.52. The van der Waals surface area contributed by atoms with Crippen LogP contribution in [-0.2, 0) is 22.4 Å². The lowest BCUT2D eigenvalue weighted by molar-refractivity contribution is -0.136. The maximum absolute atomic E-state index is 12.1. The molecule has 1 aliphatic carbocycles. The van der Waals surface area contributed by atoms with Gasteiger partial charge in [0.2, 0.25) is 0 Å². The van der Waals surface area contributed by atoms with Gasteiger partial charge in [-0.05, 0) is 35.4 Å². The van der Waals surface area contributed by atoms with Crippen LogP contribution in [0, 0.1) is 0 Å². The number of anilines is 2. The van der Waals surface area contributed by atoms with Crippen molar-refractivity contribution in [3.8, 4) is 0 Å². The van der Waals surface area contributed by atoms with Crippen LogP contribution in [0.5, 0.6) is 0 Å². The Hall–Kier alpha value is -2.86. The molecule has 0 saturated heterocycles. The number of nitrogens with one attached hydrogen (secondary N) is 2. The Kier molecular flexibility index (Phi) is 4.95. The highest BCUT2D eigenvalue weighted by molar-refractivity contribution is 6.39. The van der Waals surface area contributed by atoms with Crippen LogP contribution in [0.1, 0.15) is 11.1 Å². The van der Waals surface area contributed by atoms with Crippen LogP contribution in [0.25, 0.3) is 0 Å². The molecule has 0 aliphatic heterocycles. The number of carbonyl (C=O) groups excluding carboxylic acids is 2. The summed E-state index contributed by atoms with van der Waals surface area (Å²) in [6, 6.07) is 15.0. The Morgan fingerprint density at radius 1 is 1.00 bits per heavy atom. The minimum atomic E-state index is -1.05. The van der Waals surface area contributed by atoms with Gasteiger partial charge in [-0.3, -0.25) is 9.59 Å². The van der Waals surface area contributed by atoms with Gasteiger partial charge < -0.3 is 20.6 Å². The van der Waals surface area contributed by atoms with Crippen molar-refractivity contribution in [2.24, 2.45) is 0 Å². The molecule has 0 heterocycles. The van der Waals surface area contributed by atoms with E-state index in [0.717, 1.165) is 16.8 Å². The van der Waals surface area contributed by atoms with Gasteiger partial charge in [0, 0.05) is 44.9 Å². The predicted molar refractivity (Wildman–Crippen MR) is 101 cm³/mol. The van der Waals surface area contributed by atoms with E-state index in [1.54, 1.807) is 12.1 Å². The molecule has 0 saturated carbocycles. The van der Waals surface area contributed by atoms with E-state index in [4.69, 9.17) is 0 Å². The minimum Gasteiger partial charge on any atom is -0.387 e. The molecule has 26 heavy (non-hydrogen) atoms. The summed E-state index contributed by atoms with van der Waals surface area (Å²) in [6.07, 6.45) is 0.939. The quantitative estimate of drug-likeness (QED) is 0.725. The van der Waals surface area contributed by atoms with Gasteiger partial charge in [-0.15, -0.1) is 0 Å². The fraction of sp³-hybridized carbons (Fsp3) is 0.300. The van der Waals surface area contributed by atoms with E-state index in [2.05, 4.69) is 10.6 Å². The summed E-state index contributed by atoms with van der Waals surface area (Å²) in [5.74, 6) is -1.51. The SMILES string of the molecule is CN(C)c1ccc(NC(=O)C(=O)NCC2(O)Cc3ccccc3C2)cc1. The smallest absolute Gasteiger partial charge is 0.313 e. The molecule has 2 aromatic carbocycles. The number of hydrogen-bond donors (Lipinski definition) is 3. The number of carbonyl (C=O) groups is 2. The van der Waals surface area contributed by atoms with E-state index in [0.29, 0.717) is 18.5 Å². The zero-order valence-electron chi connectivity index (χ0n) is 15.0. The molecule has 3 N–H and O–H groups in total. The van der Waals surface area contributed by atoms with E-state index < -0.39 is 17.4 Å². The lowest BCUT2D eigenvalue weighted by Crippen LogP contribution is -2.46. The van der Waals surface area contributed by atoms with Crippen LogP contribution in [-0.4, -0.2) is 43.2 Å². The third-order valence-corrected chi connectivity index (χ3v) is 4.58. The van der Waals surface area contributed by atoms with Crippen LogP contribution in [0.3, 0.4) is 0 Å². The van der Waals surface area contributed by atoms with Crippen LogP contribution in [0.15, 0.2) is 48.5 Å². The van der Waals surface area contributed by atoms with Gasteiger partial charge in [-0.1, -0.05) is 24.3 Å². The van der Waals surface area contributed by atoms with Gasteiger partial charge in [0.05, 0.1) is 5.60 Å². The molecule has 0 unspecified atom stereocenters. The van der Waals surface area contributed by atoms with Crippen molar-refractivity contribution in [1.82, 2.24) is 5.32 Å². The first-order chi connectivity index (χ1) is 12.4. The molecule has 0 aromatic heterocycles. The Morgan fingerprint density at radius 2 is 1.58 bits per heavy atom. The van der Waals surface area contributed by atoms with Crippen LogP contribution < -0.4 is 15.5 Å². The minimum absolute atomic E-state index is 0.0352. The molecule has 2 amide bonds. The first kappa shape index (κ1) is 17.9. The largest absolute Gasteiger partial charge is 0.387 e. The molecular formula is C20H23N3O3. The third kappa shape index (κ3) is 4.03. The molecular weight excluding hydrogens is 330 g/mol. The number of rotatable bonds is 4. The maximum Gasteiger partial charge on any atom is 0.313 e. The van der Waals surface area contributed by atoms with Crippen molar-refractivity contribution in [2.45, 2.75) is 18.4 Å². The lowest BCUT2D eigenvalue weighted by Gasteiger charge is -2.22. The highest BCUT2D eigenvalue weighted by Gasteiger charge is 2.35. The molecule has 0 atom stereocenters. The van der Waals surface area contributed by atoms with E-state index in [1.807, 2.05) is 55.4 Å². The van der Waals surface area contributed by atoms with Crippen LogP contribution >= 0.6 is 0 Å². The number of fused-ring (bicyclic) bond motifs is 1. The standard InChI is InChI=1S/C20H23N3O3/c1-23(2)17-9-7-16(8-10-17)22-19(25)18(24)21-13-20(26)11-14-5-3-4-6-15(14)12-20/h3-10,26H,11-13H2,1-2H3,(H,21,24)(H,22,25). The van der Waals surface area contributed by atoms with Gasteiger partial charge >= 0.3 is 11.8 Å². The first-order valence-corrected chi connectivity index (χ1v) is 8.52. The molecule has 0 spiro atoms. The number of amides is 2. The van der Waals surface area contributed by atoms with E-state index in [-0.39, 0.29) is 6.54 Å². The van der Waals surface area contributed by atoms with Crippen LogP contribution in [0.2, 0.25) is 0 Å². The van der Waals surface area contributed by atoms with Crippen LogP contribution in [0.4, 0.5) is 11.4 Å². The highest BCUT2D eigenvalue weighted by atomic mass is 16.3. The second kappa shape index (κ2) is 7.17. The van der Waals surface area contributed by atoms with Crippen molar-refractivity contribution in [3.05, 3.63) is 59.7 Å². The maximum atomic E-state index is 12.1. The Morgan fingerprint density at radius 3 is 2.12 bits per heavy atom. The van der Waals surface area contributed by atoms with Gasteiger partial charge in [0.1, 0.15) is 0 Å². The molecule has 136 valence electrons. The molecule has 6 heteroatoms. The van der Waals surface area contributed by atoms with Crippen molar-refractivity contribution >= 4 is 23.2 Å². The third-order valence-electron chi connectivity index (χ3n) is 4.58. The molecule has 1 aliphatic rings. The molecule has 6 nitrogen and oxygen atoms in total. The molecule has 0 fully saturated rings. The zero-order valence-corrected chi connectivity index (χ0v) is 15.0. The highest BCUT2D eigenvalue weighted by Crippen LogP contribution is 2.29. The average molecular weight is 353 g/mol. The number of hydrogen-bond acceptors (Lipinski definition) is 4. The van der Waals surface area contributed by atoms with Gasteiger partial charge in [-0.25, -0.2) is 0 Å². The average Bonchev–Trinajstić information content (AvgIpc) is 2.96. The summed E-state index contributed by atoms with van der Waals surface area (Å²) in [6.45, 7) is 0.0352. The van der Waals surface area contributed by atoms with Crippen molar-refractivity contribution in [3.63, 3.8) is 0 Å². The van der Waals surface area contributed by atoms with E-state index in [1.165, 1.54) is 0 Å². The normalized spacial score (nSPS) is 14.4.